The molecule has 1 heterocycles. The van der Waals surface area contributed by atoms with E-state index in [4.69, 9.17) is 0 Å². The van der Waals surface area contributed by atoms with Gasteiger partial charge in [-0.2, -0.15) is 0 Å². The largest absolute Gasteiger partial charge is 0.392 e. The van der Waals surface area contributed by atoms with E-state index in [1.54, 1.807) is 0 Å². The van der Waals surface area contributed by atoms with E-state index in [0.29, 0.717) is 17.8 Å². The number of hydrogen-bond donors (Lipinski definition) is 2. The van der Waals surface area contributed by atoms with E-state index in [1.165, 1.54) is 23.8 Å². The summed E-state index contributed by atoms with van der Waals surface area (Å²) in [5, 5.41) is 22.0. The summed E-state index contributed by atoms with van der Waals surface area (Å²) in [6.45, 7) is 6.40. The van der Waals surface area contributed by atoms with Crippen molar-refractivity contribution < 1.29 is 30.3 Å². The molecule has 0 amide bonds. The molecule has 0 aliphatic heterocycles. The molecule has 0 spiro atoms. The van der Waals surface area contributed by atoms with Crippen LogP contribution in [0.3, 0.4) is 0 Å². The number of fused-ring (bicyclic) bond motifs is 2. The van der Waals surface area contributed by atoms with Gasteiger partial charge in [-0.3, -0.25) is 4.98 Å². The molecule has 4 heteroatoms. The molecule has 4 unspecified atom stereocenters. The van der Waals surface area contributed by atoms with Gasteiger partial charge in [-0.05, 0) is 73.6 Å². The van der Waals surface area contributed by atoms with E-state index in [0.717, 1.165) is 42.5 Å². The van der Waals surface area contributed by atoms with Gasteiger partial charge in [0.05, 0.1) is 17.7 Å². The average molecular weight is 637 g/mol. The summed E-state index contributed by atoms with van der Waals surface area (Å²) in [7, 11) is 0. The van der Waals surface area contributed by atoms with E-state index in [9.17, 15) is 10.2 Å². The van der Waals surface area contributed by atoms with Crippen molar-refractivity contribution in [3.8, 4) is 11.3 Å². The van der Waals surface area contributed by atoms with Crippen LogP contribution in [0.2, 0.25) is 0 Å². The van der Waals surface area contributed by atoms with Crippen LogP contribution in [0.15, 0.2) is 54.6 Å². The summed E-state index contributed by atoms with van der Waals surface area (Å²) < 4.78 is 0. The van der Waals surface area contributed by atoms with Crippen molar-refractivity contribution in [2.75, 3.05) is 0 Å². The predicted molar refractivity (Wildman–Crippen MR) is 136 cm³/mol. The molecule has 3 aromatic rings. The average Bonchev–Trinajstić information content (AvgIpc) is 2.85. The van der Waals surface area contributed by atoms with Crippen LogP contribution < -0.4 is 0 Å². The topological polar surface area (TPSA) is 53.4 Å². The molecule has 2 aliphatic carbocycles. The normalized spacial score (nSPS) is 28.3. The molecule has 2 saturated carbocycles. The molecule has 0 bridgehead atoms. The molecule has 1 radical (unpaired) electrons. The Hall–Kier alpha value is -1.58. The Morgan fingerprint density at radius 3 is 2.15 bits per heavy atom. The number of rotatable bonds is 3. The molecule has 6 atom stereocenters. The van der Waals surface area contributed by atoms with Gasteiger partial charge in [0.25, 0.3) is 0 Å². The fourth-order valence-corrected chi connectivity index (χ4v) is 5.95. The summed E-state index contributed by atoms with van der Waals surface area (Å²) in [4.78, 5) is 4.66. The van der Waals surface area contributed by atoms with Gasteiger partial charge in [0.2, 0.25) is 0 Å². The molecule has 5 rings (SSSR count). The quantitative estimate of drug-likeness (QED) is 0.319. The van der Waals surface area contributed by atoms with Crippen LogP contribution in [-0.2, 0) is 20.1 Å². The van der Waals surface area contributed by atoms with Crippen molar-refractivity contribution in [2.24, 2.45) is 23.7 Å². The number of aliphatic hydroxyl groups is 2. The van der Waals surface area contributed by atoms with E-state index in [2.05, 4.69) is 56.1 Å². The maximum absolute atomic E-state index is 10.4. The Morgan fingerprint density at radius 2 is 1.56 bits per heavy atom. The maximum Gasteiger partial charge on any atom is 0.0623 e. The minimum absolute atomic E-state index is 0. The number of aryl methyl sites for hydroxylation is 1. The van der Waals surface area contributed by atoms with Crippen LogP contribution in [0.25, 0.3) is 22.2 Å². The van der Waals surface area contributed by atoms with Gasteiger partial charge in [-0.25, -0.2) is 0 Å². The van der Waals surface area contributed by atoms with E-state index in [1.807, 2.05) is 30.3 Å². The van der Waals surface area contributed by atoms with Crippen LogP contribution in [0.4, 0.5) is 0 Å². The molecule has 2 aromatic carbocycles. The fourth-order valence-electron chi connectivity index (χ4n) is 5.95. The number of pyridine rings is 1. The zero-order chi connectivity index (χ0) is 23.4. The Labute approximate surface area is 218 Å². The monoisotopic (exact) mass is 637 g/mol. The van der Waals surface area contributed by atoms with Crippen LogP contribution in [0, 0.1) is 36.7 Å². The fraction of sp³-hybridized carbons (Fsp3) is 0.500. The number of benzene rings is 2. The Morgan fingerprint density at radius 1 is 0.882 bits per heavy atom. The minimum atomic E-state index is -0.256. The third-order valence-electron chi connectivity index (χ3n) is 7.99. The van der Waals surface area contributed by atoms with Crippen LogP contribution in [0.1, 0.15) is 57.9 Å². The predicted octanol–water partition coefficient (Wildman–Crippen LogP) is 6.59. The Kier molecular flexibility index (Phi) is 9.85. The van der Waals surface area contributed by atoms with Gasteiger partial charge in [0, 0.05) is 26.0 Å². The second-order valence-corrected chi connectivity index (χ2v) is 9.98. The summed E-state index contributed by atoms with van der Waals surface area (Å²) in [6, 6.07) is 21.6. The smallest absolute Gasteiger partial charge is 0.0623 e. The van der Waals surface area contributed by atoms with Gasteiger partial charge < -0.3 is 10.2 Å². The van der Waals surface area contributed by atoms with Crippen molar-refractivity contribution in [2.45, 2.75) is 71.5 Å². The van der Waals surface area contributed by atoms with Crippen LogP contribution in [-0.4, -0.2) is 27.4 Å². The number of hydrogen-bond acceptors (Lipinski definition) is 3. The maximum atomic E-state index is 10.4. The summed E-state index contributed by atoms with van der Waals surface area (Å²) in [6.07, 6.45) is 6.33. The second kappa shape index (κ2) is 12.4. The molecular formula is C30H38IrNO2-. The van der Waals surface area contributed by atoms with E-state index < -0.39 is 0 Å². The first-order valence-electron chi connectivity index (χ1n) is 12.7. The number of aliphatic hydroxyl groups excluding tert-OH is 2. The van der Waals surface area contributed by atoms with Crippen molar-refractivity contribution in [3.63, 3.8) is 0 Å². The summed E-state index contributed by atoms with van der Waals surface area (Å²) >= 11 is 0. The van der Waals surface area contributed by atoms with Gasteiger partial charge in [-0.15, -0.1) is 35.9 Å². The van der Waals surface area contributed by atoms with Crippen LogP contribution in [0.5, 0.6) is 0 Å². The van der Waals surface area contributed by atoms with E-state index in [-0.39, 0.29) is 38.2 Å². The molecule has 2 fully saturated rings. The molecule has 1 aromatic heterocycles. The molecule has 3 nitrogen and oxygen atoms in total. The zero-order valence-electron chi connectivity index (χ0n) is 20.6. The molecule has 2 N–H and O–H groups in total. The van der Waals surface area contributed by atoms with Crippen molar-refractivity contribution in [1.29, 1.82) is 0 Å². The first-order valence-corrected chi connectivity index (χ1v) is 12.7. The molecule has 185 valence electrons. The third-order valence-corrected chi connectivity index (χ3v) is 7.99. The first-order chi connectivity index (χ1) is 16.0. The van der Waals surface area contributed by atoms with E-state index >= 15 is 0 Å². The van der Waals surface area contributed by atoms with Crippen LogP contribution >= 0.6 is 0 Å². The Balaban J connectivity index is 0.000000186. The minimum Gasteiger partial charge on any atom is -0.392 e. The van der Waals surface area contributed by atoms with Crippen molar-refractivity contribution in [3.05, 3.63) is 66.2 Å². The standard InChI is InChI=1S/C16H12N.C14H26O2.Ir/c1-12-7-9-16-14(11-12)8-10-15(17-16)13-5-3-2-4-6-13;1-3-9-5-7-11-8-6-10(4-2)14(16)12(11)13(9)15;/h2-5,7-11H,1H3;9-16H,3-8H2,1-2H3;/q-1;;/t;9-,10+,11?,12?,13?,14?;. The molecular weight excluding hydrogens is 599 g/mol. The Bertz CT molecular complexity index is 1020. The molecule has 34 heavy (non-hydrogen) atoms. The number of aromatic nitrogens is 1. The van der Waals surface area contributed by atoms with Gasteiger partial charge in [0.1, 0.15) is 0 Å². The molecule has 0 saturated heterocycles. The summed E-state index contributed by atoms with van der Waals surface area (Å²) in [5.74, 6) is 1.59. The third kappa shape index (κ3) is 5.97. The van der Waals surface area contributed by atoms with Gasteiger partial charge in [0.15, 0.2) is 0 Å². The number of nitrogens with zero attached hydrogens (tertiary/aromatic N) is 1. The zero-order valence-corrected chi connectivity index (χ0v) is 23.0. The second-order valence-electron chi connectivity index (χ2n) is 9.98. The van der Waals surface area contributed by atoms with Gasteiger partial charge in [-0.1, -0.05) is 50.5 Å². The van der Waals surface area contributed by atoms with Gasteiger partial charge >= 0.3 is 0 Å². The van der Waals surface area contributed by atoms with Crippen molar-refractivity contribution >= 4 is 10.9 Å². The molecule has 2 aliphatic rings. The van der Waals surface area contributed by atoms with Crippen molar-refractivity contribution in [1.82, 2.24) is 4.98 Å². The summed E-state index contributed by atoms with van der Waals surface area (Å²) in [5.41, 5.74) is 4.31. The first kappa shape index (κ1) is 27.0. The SMILES string of the molecule is CC[C@@H]1CCC2CC[C@H](CC)C(O)C2C1O.Cc1ccc2nc(-c3[c-]cccc3)ccc2c1.[Ir].